The first-order valence-corrected chi connectivity index (χ1v) is 4.91. The van der Waals surface area contributed by atoms with E-state index in [0.717, 1.165) is 25.8 Å². The number of carbonyl (C=O) groups excluding carboxylic acids is 1. The Morgan fingerprint density at radius 1 is 1.57 bits per heavy atom. The molecule has 4 nitrogen and oxygen atoms in total. The van der Waals surface area contributed by atoms with Crippen molar-refractivity contribution in [1.82, 2.24) is 4.90 Å². The van der Waals surface area contributed by atoms with Crippen LogP contribution < -0.4 is 0 Å². The average molecular weight is 199 g/mol. The van der Waals surface area contributed by atoms with E-state index >= 15 is 0 Å². The van der Waals surface area contributed by atoms with E-state index in [1.807, 2.05) is 0 Å². The lowest BCUT2D eigenvalue weighted by molar-refractivity contribution is -0.152. The van der Waals surface area contributed by atoms with Gasteiger partial charge in [-0.25, -0.2) is 0 Å². The van der Waals surface area contributed by atoms with Crippen LogP contribution in [0.5, 0.6) is 0 Å². The summed E-state index contributed by atoms with van der Waals surface area (Å²) in [4.78, 5) is 23.3. The number of carbonyl (C=O) groups is 2. The molecule has 1 rings (SSSR count). The fourth-order valence-electron chi connectivity index (χ4n) is 1.87. The first-order chi connectivity index (χ1) is 6.48. The van der Waals surface area contributed by atoms with E-state index in [-0.39, 0.29) is 5.92 Å². The Balaban J connectivity index is 2.68. The number of nitrogens with zero attached hydrogens (tertiary/aromatic N) is 1. The summed E-state index contributed by atoms with van der Waals surface area (Å²) in [6.45, 7) is 4.79. The fraction of sp³-hybridized carbons (Fsp3) is 0.800. The van der Waals surface area contributed by atoms with Gasteiger partial charge in [0.1, 0.15) is 0 Å². The van der Waals surface area contributed by atoms with Crippen LogP contribution in [0.2, 0.25) is 0 Å². The standard InChI is InChI=1S/C10H17NO3/c1-10(2,9(13)14)8-4-3-5-11(6-8)7-12/h7-8H,3-6H2,1-2H3,(H,13,14). The number of rotatable bonds is 3. The monoisotopic (exact) mass is 199 g/mol. The molecule has 1 atom stereocenters. The molecule has 0 aromatic rings. The van der Waals surface area contributed by atoms with E-state index in [0.29, 0.717) is 6.54 Å². The van der Waals surface area contributed by atoms with Gasteiger partial charge in [-0.05, 0) is 32.6 Å². The van der Waals surface area contributed by atoms with Crippen LogP contribution in [0, 0.1) is 11.3 Å². The molecule has 0 bridgehead atoms. The Hall–Kier alpha value is -1.06. The van der Waals surface area contributed by atoms with Crippen molar-refractivity contribution in [3.8, 4) is 0 Å². The van der Waals surface area contributed by atoms with Gasteiger partial charge in [0.15, 0.2) is 0 Å². The SMILES string of the molecule is CC(C)(C(=O)O)C1CCCN(C=O)C1. The third kappa shape index (κ3) is 2.05. The van der Waals surface area contributed by atoms with E-state index < -0.39 is 11.4 Å². The molecule has 1 fully saturated rings. The quantitative estimate of drug-likeness (QED) is 0.689. The van der Waals surface area contributed by atoms with Gasteiger partial charge in [-0.15, -0.1) is 0 Å². The van der Waals surface area contributed by atoms with Crippen molar-refractivity contribution in [3.05, 3.63) is 0 Å². The molecule has 14 heavy (non-hydrogen) atoms. The Kier molecular flexibility index (Phi) is 3.13. The van der Waals surface area contributed by atoms with Crippen LogP contribution in [0.4, 0.5) is 0 Å². The normalized spacial score (nSPS) is 23.3. The van der Waals surface area contributed by atoms with Gasteiger partial charge in [-0.3, -0.25) is 9.59 Å². The van der Waals surface area contributed by atoms with E-state index in [1.165, 1.54) is 0 Å². The van der Waals surface area contributed by atoms with Gasteiger partial charge in [0.05, 0.1) is 5.41 Å². The first-order valence-electron chi connectivity index (χ1n) is 4.91. The molecule has 1 aliphatic rings. The Labute approximate surface area is 83.9 Å². The zero-order valence-corrected chi connectivity index (χ0v) is 8.69. The minimum atomic E-state index is -0.782. The minimum Gasteiger partial charge on any atom is -0.481 e. The van der Waals surface area contributed by atoms with Crippen LogP contribution in [0.1, 0.15) is 26.7 Å². The van der Waals surface area contributed by atoms with Crippen LogP contribution in [-0.4, -0.2) is 35.5 Å². The molecule has 0 aromatic carbocycles. The van der Waals surface area contributed by atoms with Crippen LogP contribution in [0.3, 0.4) is 0 Å². The third-order valence-electron chi connectivity index (χ3n) is 3.17. The largest absolute Gasteiger partial charge is 0.481 e. The maximum Gasteiger partial charge on any atom is 0.309 e. The molecule has 0 aromatic heterocycles. The van der Waals surface area contributed by atoms with Crippen molar-refractivity contribution < 1.29 is 14.7 Å². The number of aliphatic carboxylic acids is 1. The summed E-state index contributed by atoms with van der Waals surface area (Å²) in [5, 5.41) is 9.05. The summed E-state index contributed by atoms with van der Waals surface area (Å²) in [6, 6.07) is 0. The zero-order valence-electron chi connectivity index (χ0n) is 8.69. The molecule has 0 radical (unpaired) electrons. The van der Waals surface area contributed by atoms with Gasteiger partial charge in [-0.1, -0.05) is 0 Å². The second-order valence-electron chi connectivity index (χ2n) is 4.47. The lowest BCUT2D eigenvalue weighted by Gasteiger charge is -2.37. The van der Waals surface area contributed by atoms with Crippen molar-refractivity contribution in [2.75, 3.05) is 13.1 Å². The van der Waals surface area contributed by atoms with Crippen molar-refractivity contribution >= 4 is 12.4 Å². The minimum absolute atomic E-state index is 0.0685. The molecule has 1 saturated heterocycles. The van der Waals surface area contributed by atoms with Gasteiger partial charge in [0.25, 0.3) is 0 Å². The molecule has 1 unspecified atom stereocenters. The maximum absolute atomic E-state index is 11.0. The summed E-state index contributed by atoms with van der Waals surface area (Å²) < 4.78 is 0. The summed E-state index contributed by atoms with van der Waals surface area (Å²) in [6.07, 6.45) is 2.61. The smallest absolute Gasteiger partial charge is 0.309 e. The zero-order chi connectivity index (χ0) is 10.8. The second-order valence-corrected chi connectivity index (χ2v) is 4.47. The van der Waals surface area contributed by atoms with Crippen molar-refractivity contribution in [3.63, 3.8) is 0 Å². The summed E-state index contributed by atoms with van der Waals surface area (Å²) >= 11 is 0. The Morgan fingerprint density at radius 3 is 2.71 bits per heavy atom. The van der Waals surface area contributed by atoms with Gasteiger partial charge in [-0.2, -0.15) is 0 Å². The molecule has 1 amide bonds. The average Bonchev–Trinajstić information content (AvgIpc) is 2.17. The number of amides is 1. The molecule has 1 aliphatic heterocycles. The van der Waals surface area contributed by atoms with E-state index in [2.05, 4.69) is 0 Å². The van der Waals surface area contributed by atoms with Crippen molar-refractivity contribution in [2.45, 2.75) is 26.7 Å². The van der Waals surface area contributed by atoms with Crippen LogP contribution in [-0.2, 0) is 9.59 Å². The molecular formula is C10H17NO3. The highest BCUT2D eigenvalue weighted by molar-refractivity contribution is 5.74. The highest BCUT2D eigenvalue weighted by atomic mass is 16.4. The first kappa shape index (κ1) is 11.0. The second kappa shape index (κ2) is 3.98. The van der Waals surface area contributed by atoms with Crippen molar-refractivity contribution in [1.29, 1.82) is 0 Å². The Morgan fingerprint density at radius 2 is 2.21 bits per heavy atom. The number of hydrogen-bond donors (Lipinski definition) is 1. The number of piperidine rings is 1. The van der Waals surface area contributed by atoms with E-state index in [4.69, 9.17) is 5.11 Å². The molecule has 0 spiro atoms. The molecule has 0 saturated carbocycles. The van der Waals surface area contributed by atoms with Gasteiger partial charge in [0.2, 0.25) is 6.41 Å². The van der Waals surface area contributed by atoms with Crippen LogP contribution in [0.15, 0.2) is 0 Å². The topological polar surface area (TPSA) is 57.6 Å². The molecule has 4 heteroatoms. The summed E-state index contributed by atoms with van der Waals surface area (Å²) in [5.74, 6) is -0.714. The fourth-order valence-corrected chi connectivity index (χ4v) is 1.87. The Bertz CT molecular complexity index is 238. The lowest BCUT2D eigenvalue weighted by Crippen LogP contribution is -2.44. The highest BCUT2D eigenvalue weighted by Gasteiger charge is 2.38. The lowest BCUT2D eigenvalue weighted by atomic mass is 9.75. The van der Waals surface area contributed by atoms with Crippen LogP contribution in [0.25, 0.3) is 0 Å². The predicted molar refractivity (Wildman–Crippen MR) is 51.8 cm³/mol. The number of hydrogen-bond acceptors (Lipinski definition) is 2. The van der Waals surface area contributed by atoms with Gasteiger partial charge < -0.3 is 10.0 Å². The highest BCUT2D eigenvalue weighted by Crippen LogP contribution is 2.33. The molecular weight excluding hydrogens is 182 g/mol. The number of carboxylic acid groups (broad SMARTS) is 1. The predicted octanol–water partition coefficient (Wildman–Crippen LogP) is 0.966. The number of likely N-dealkylation sites (tertiary alicyclic amines) is 1. The molecule has 1 N–H and O–H groups in total. The van der Waals surface area contributed by atoms with E-state index in [1.54, 1.807) is 18.7 Å². The van der Waals surface area contributed by atoms with Gasteiger partial charge in [0, 0.05) is 13.1 Å². The van der Waals surface area contributed by atoms with Crippen molar-refractivity contribution in [2.24, 2.45) is 11.3 Å². The molecule has 1 heterocycles. The van der Waals surface area contributed by atoms with E-state index in [9.17, 15) is 9.59 Å². The molecule has 0 aliphatic carbocycles. The summed E-state index contributed by atoms with van der Waals surface area (Å²) in [7, 11) is 0. The third-order valence-corrected chi connectivity index (χ3v) is 3.17. The number of carboxylic acids is 1. The maximum atomic E-state index is 11.0. The summed E-state index contributed by atoms with van der Waals surface area (Å²) in [5.41, 5.74) is -0.734. The van der Waals surface area contributed by atoms with Gasteiger partial charge >= 0.3 is 5.97 Å². The molecule has 80 valence electrons. The van der Waals surface area contributed by atoms with Crippen LogP contribution >= 0.6 is 0 Å².